The van der Waals surface area contributed by atoms with Crippen molar-refractivity contribution in [1.82, 2.24) is 14.5 Å². The summed E-state index contributed by atoms with van der Waals surface area (Å²) in [6.45, 7) is 7.75. The average molecular weight is 605 g/mol. The van der Waals surface area contributed by atoms with E-state index in [1.54, 1.807) is 4.90 Å². The van der Waals surface area contributed by atoms with Gasteiger partial charge >= 0.3 is 6.18 Å². The summed E-state index contributed by atoms with van der Waals surface area (Å²) >= 11 is 0. The van der Waals surface area contributed by atoms with Crippen LogP contribution in [0.3, 0.4) is 0 Å². The van der Waals surface area contributed by atoms with Gasteiger partial charge in [0.2, 0.25) is 21.6 Å². The van der Waals surface area contributed by atoms with Crippen LogP contribution < -0.4 is 9.62 Å². The van der Waals surface area contributed by atoms with E-state index in [0.29, 0.717) is 64.1 Å². The molecule has 0 unspecified atom stereocenters. The van der Waals surface area contributed by atoms with E-state index in [2.05, 4.69) is 0 Å². The average Bonchev–Trinajstić information content (AvgIpc) is 3.30. The molecule has 13 heteroatoms. The molecule has 0 saturated carbocycles. The monoisotopic (exact) mass is 604 g/mol. The molecule has 41 heavy (non-hydrogen) atoms. The van der Waals surface area contributed by atoms with E-state index in [9.17, 15) is 31.2 Å². The summed E-state index contributed by atoms with van der Waals surface area (Å²) in [5.41, 5.74) is -1.78. The Balaban J connectivity index is 1.46. The summed E-state index contributed by atoms with van der Waals surface area (Å²) in [6, 6.07) is 3.70. The van der Waals surface area contributed by atoms with Gasteiger partial charge in [-0.1, -0.05) is 6.07 Å². The molecular weight excluding hydrogens is 564 g/mol. The Morgan fingerprint density at radius 1 is 0.976 bits per heavy atom. The summed E-state index contributed by atoms with van der Waals surface area (Å²) in [7, 11) is -3.70. The fourth-order valence-corrected chi connectivity index (χ4v) is 6.72. The van der Waals surface area contributed by atoms with Gasteiger partial charge in [-0.15, -0.1) is 0 Å². The van der Waals surface area contributed by atoms with E-state index < -0.39 is 45.2 Å². The normalized spacial score (nSPS) is 24.1. The Hall–Kier alpha value is -2.41. The van der Waals surface area contributed by atoms with Gasteiger partial charge < -0.3 is 9.80 Å². The number of hydrogen-bond donors (Lipinski definition) is 1. The van der Waals surface area contributed by atoms with Gasteiger partial charge in [0.15, 0.2) is 0 Å². The lowest BCUT2D eigenvalue weighted by molar-refractivity contribution is -0.144. The van der Waals surface area contributed by atoms with Crippen LogP contribution in [0.25, 0.3) is 0 Å². The van der Waals surface area contributed by atoms with Gasteiger partial charge in [-0.2, -0.15) is 13.2 Å². The summed E-state index contributed by atoms with van der Waals surface area (Å²) < 4.78 is 81.5. The van der Waals surface area contributed by atoms with Crippen molar-refractivity contribution in [1.29, 1.82) is 0 Å². The minimum Gasteiger partial charge on any atom is -0.371 e. The number of likely N-dealkylation sites (tertiary alicyclic amines) is 2. The molecule has 0 spiro atoms. The molecule has 230 valence electrons. The van der Waals surface area contributed by atoms with Crippen molar-refractivity contribution in [2.75, 3.05) is 50.4 Å². The van der Waals surface area contributed by atoms with E-state index in [1.165, 1.54) is 6.07 Å². The first-order chi connectivity index (χ1) is 18.9. The molecule has 0 radical (unpaired) electrons. The Labute approximate surface area is 239 Å². The molecule has 1 N–H and O–H groups in total. The smallest absolute Gasteiger partial charge is 0.371 e. The van der Waals surface area contributed by atoms with Crippen molar-refractivity contribution < 1.29 is 35.6 Å². The van der Waals surface area contributed by atoms with Crippen LogP contribution in [-0.2, 0) is 25.8 Å². The largest absolute Gasteiger partial charge is 0.416 e. The molecular formula is C28H40F4N4O4S. The first-order valence-electron chi connectivity index (χ1n) is 14.1. The van der Waals surface area contributed by atoms with Crippen LogP contribution in [0.15, 0.2) is 18.2 Å². The zero-order valence-corrected chi connectivity index (χ0v) is 24.9. The molecule has 3 aliphatic rings. The van der Waals surface area contributed by atoms with Crippen LogP contribution in [0, 0.1) is 5.92 Å². The highest BCUT2D eigenvalue weighted by Crippen LogP contribution is 2.41. The molecule has 0 aliphatic carbocycles. The zero-order chi connectivity index (χ0) is 30.4. The van der Waals surface area contributed by atoms with E-state index in [4.69, 9.17) is 0 Å². The van der Waals surface area contributed by atoms with Gasteiger partial charge in [0.05, 0.1) is 11.8 Å². The lowest BCUT2D eigenvalue weighted by Gasteiger charge is -2.39. The number of piperidine rings is 2. The SMILES string of the molecule is CC(C)(C)N1CC[C@](F)(C(=O)N2CCC(c3ccc(C(F)(F)F)cc3N3CCC(C(=O)NS(C)(=O)=O)CC3)CC2)C1. The molecule has 0 aromatic heterocycles. The number of carbonyl (C=O) groups is 2. The third-order valence-corrected chi connectivity index (χ3v) is 9.20. The highest BCUT2D eigenvalue weighted by molar-refractivity contribution is 7.89. The molecule has 8 nitrogen and oxygen atoms in total. The zero-order valence-electron chi connectivity index (χ0n) is 24.1. The van der Waals surface area contributed by atoms with Gasteiger partial charge in [-0.3, -0.25) is 19.2 Å². The number of amides is 2. The Morgan fingerprint density at radius 3 is 2.10 bits per heavy atom. The van der Waals surface area contributed by atoms with Crippen molar-refractivity contribution in [3.8, 4) is 0 Å². The van der Waals surface area contributed by atoms with Gasteiger partial charge in [-0.05, 0) is 70.1 Å². The molecule has 0 bridgehead atoms. The number of nitrogens with zero attached hydrogens (tertiary/aromatic N) is 3. The van der Waals surface area contributed by atoms with Gasteiger partial charge in [0.25, 0.3) is 5.91 Å². The predicted molar refractivity (Wildman–Crippen MR) is 148 cm³/mol. The first kappa shape index (κ1) is 31.5. The fraction of sp³-hybridized carbons (Fsp3) is 0.714. The third-order valence-electron chi connectivity index (χ3n) is 8.62. The number of hydrogen-bond acceptors (Lipinski definition) is 6. The number of nitrogens with one attached hydrogen (secondary N) is 1. The van der Waals surface area contributed by atoms with Crippen molar-refractivity contribution in [3.05, 3.63) is 29.3 Å². The molecule has 3 fully saturated rings. The molecule has 3 heterocycles. The molecule has 4 rings (SSSR count). The standard InChI is InChI=1S/C28H40F4N4O4S/c1-26(2,3)36-16-11-27(29,18-36)25(38)35-14-7-19(8-15-35)22-6-5-21(28(30,31)32)17-23(22)34-12-9-20(10-13-34)24(37)33-41(4,39)40/h5-6,17,19-20H,7-16,18H2,1-4H3,(H,33,37)/t27-/m1/s1. The first-order valence-corrected chi connectivity index (χ1v) is 16.0. The van der Waals surface area contributed by atoms with Gasteiger partial charge in [-0.25, -0.2) is 12.8 Å². The molecule has 1 atom stereocenters. The topological polar surface area (TPSA) is 90.0 Å². The number of rotatable bonds is 5. The second-order valence-electron chi connectivity index (χ2n) is 12.6. The minimum absolute atomic E-state index is 0.0521. The van der Waals surface area contributed by atoms with E-state index in [0.717, 1.165) is 24.0 Å². The highest BCUT2D eigenvalue weighted by atomic mass is 32.2. The maximum Gasteiger partial charge on any atom is 0.416 e. The van der Waals surface area contributed by atoms with E-state index in [-0.39, 0.29) is 24.4 Å². The second kappa shape index (κ2) is 11.3. The van der Waals surface area contributed by atoms with E-state index >= 15 is 4.39 Å². The van der Waals surface area contributed by atoms with E-state index in [1.807, 2.05) is 35.3 Å². The highest BCUT2D eigenvalue weighted by Gasteiger charge is 2.50. The van der Waals surface area contributed by atoms with Gasteiger partial charge in [0.1, 0.15) is 0 Å². The van der Waals surface area contributed by atoms with Crippen molar-refractivity contribution >= 4 is 27.5 Å². The number of sulfonamides is 1. The number of carbonyl (C=O) groups excluding carboxylic acids is 2. The summed E-state index contributed by atoms with van der Waals surface area (Å²) in [4.78, 5) is 30.9. The van der Waals surface area contributed by atoms with Crippen molar-refractivity contribution in [2.45, 2.75) is 76.2 Å². The van der Waals surface area contributed by atoms with Crippen LogP contribution >= 0.6 is 0 Å². The summed E-state index contributed by atoms with van der Waals surface area (Å²) in [5, 5.41) is 0. The quantitative estimate of drug-likeness (QED) is 0.513. The molecule has 3 saturated heterocycles. The van der Waals surface area contributed by atoms with Gasteiger partial charge in [0, 0.05) is 62.8 Å². The van der Waals surface area contributed by atoms with Crippen molar-refractivity contribution in [2.24, 2.45) is 5.92 Å². The molecule has 1 aromatic carbocycles. The maximum absolute atomic E-state index is 15.7. The summed E-state index contributed by atoms with van der Waals surface area (Å²) in [5.74, 6) is -1.79. The number of alkyl halides is 4. The second-order valence-corrected chi connectivity index (χ2v) is 14.4. The molecule has 1 aromatic rings. The Bertz CT molecular complexity index is 1250. The number of halogens is 4. The van der Waals surface area contributed by atoms with Crippen LogP contribution in [-0.4, -0.2) is 86.8 Å². The van der Waals surface area contributed by atoms with Crippen LogP contribution in [0.2, 0.25) is 0 Å². The molecule has 2 amide bonds. The van der Waals surface area contributed by atoms with Crippen LogP contribution in [0.1, 0.15) is 69.9 Å². The lowest BCUT2D eigenvalue weighted by Crippen LogP contribution is -2.51. The molecule has 3 aliphatic heterocycles. The van der Waals surface area contributed by atoms with Crippen LogP contribution in [0.5, 0.6) is 0 Å². The maximum atomic E-state index is 15.7. The summed E-state index contributed by atoms with van der Waals surface area (Å²) in [6.07, 6.45) is -1.90. The Morgan fingerprint density at radius 2 is 1.59 bits per heavy atom. The lowest BCUT2D eigenvalue weighted by atomic mass is 9.86. The number of anilines is 1. The Kier molecular flexibility index (Phi) is 8.73. The number of benzene rings is 1. The third kappa shape index (κ3) is 7.33. The van der Waals surface area contributed by atoms with Crippen LogP contribution in [0.4, 0.5) is 23.2 Å². The minimum atomic E-state index is -4.53. The fourth-order valence-electron chi connectivity index (χ4n) is 6.18. The predicted octanol–water partition coefficient (Wildman–Crippen LogP) is 3.92. The van der Waals surface area contributed by atoms with Crippen molar-refractivity contribution in [3.63, 3.8) is 0 Å².